The van der Waals surface area contributed by atoms with Crippen LogP contribution in [0.25, 0.3) is 10.9 Å². The van der Waals surface area contributed by atoms with Crippen LogP contribution in [0.2, 0.25) is 0 Å². The van der Waals surface area contributed by atoms with Crippen molar-refractivity contribution in [2.45, 2.75) is 45.4 Å². The van der Waals surface area contributed by atoms with Gasteiger partial charge in [0.25, 0.3) is 0 Å². The highest BCUT2D eigenvalue weighted by atomic mass is 16.5. The first-order chi connectivity index (χ1) is 10.8. The first-order valence-corrected chi connectivity index (χ1v) is 8.36. The molecule has 0 saturated heterocycles. The molecule has 22 heavy (non-hydrogen) atoms. The average molecular weight is 297 g/mol. The normalized spacial score (nSPS) is 15.9. The van der Waals surface area contributed by atoms with Crippen molar-refractivity contribution in [3.63, 3.8) is 0 Å². The van der Waals surface area contributed by atoms with Gasteiger partial charge in [-0.3, -0.25) is 9.78 Å². The fourth-order valence-corrected chi connectivity index (χ4v) is 3.27. The van der Waals surface area contributed by atoms with Crippen molar-refractivity contribution in [1.29, 1.82) is 0 Å². The molecular weight excluding hydrogens is 274 g/mol. The lowest BCUT2D eigenvalue weighted by Gasteiger charge is -2.21. The second kappa shape index (κ2) is 6.91. The molecule has 0 unspecified atom stereocenters. The topological polar surface area (TPSA) is 39.2 Å². The molecule has 3 rings (SSSR count). The number of hydrogen-bond donors (Lipinski definition) is 0. The van der Waals surface area contributed by atoms with Crippen LogP contribution in [0, 0.1) is 5.92 Å². The summed E-state index contributed by atoms with van der Waals surface area (Å²) in [6.07, 6.45) is 8.36. The zero-order valence-electron chi connectivity index (χ0n) is 13.2. The van der Waals surface area contributed by atoms with Crippen LogP contribution in [-0.2, 0) is 0 Å². The molecule has 0 bridgehead atoms. The number of ether oxygens (including phenoxy) is 1. The minimum atomic E-state index is 0.180. The summed E-state index contributed by atoms with van der Waals surface area (Å²) in [7, 11) is 0. The Balaban J connectivity index is 1.98. The minimum absolute atomic E-state index is 0.180. The van der Waals surface area contributed by atoms with E-state index in [4.69, 9.17) is 4.74 Å². The smallest absolute Gasteiger partial charge is 0.166 e. The lowest BCUT2D eigenvalue weighted by Crippen LogP contribution is -2.18. The molecule has 1 aromatic carbocycles. The quantitative estimate of drug-likeness (QED) is 0.745. The molecule has 0 spiro atoms. The van der Waals surface area contributed by atoms with Gasteiger partial charge >= 0.3 is 0 Å². The van der Waals surface area contributed by atoms with Crippen molar-refractivity contribution in [2.75, 3.05) is 6.61 Å². The third-order valence-corrected chi connectivity index (χ3v) is 4.44. The van der Waals surface area contributed by atoms with Gasteiger partial charge in [0, 0.05) is 23.1 Å². The van der Waals surface area contributed by atoms with Crippen molar-refractivity contribution >= 4 is 16.7 Å². The lowest BCUT2D eigenvalue weighted by molar-refractivity contribution is 0.0891. The van der Waals surface area contributed by atoms with Crippen LogP contribution < -0.4 is 4.74 Å². The first kappa shape index (κ1) is 15.0. The molecule has 0 radical (unpaired) electrons. The molecule has 0 N–H and O–H groups in total. The zero-order valence-corrected chi connectivity index (χ0v) is 13.2. The van der Waals surface area contributed by atoms with E-state index in [1.165, 1.54) is 19.3 Å². The number of nitrogens with zero attached hydrogens (tertiary/aromatic N) is 1. The number of aromatic nitrogens is 1. The number of hydrogen-bond acceptors (Lipinski definition) is 3. The van der Waals surface area contributed by atoms with Gasteiger partial charge in [0.1, 0.15) is 11.3 Å². The van der Waals surface area contributed by atoms with Gasteiger partial charge in [-0.1, -0.05) is 32.3 Å². The van der Waals surface area contributed by atoms with Gasteiger partial charge < -0.3 is 4.74 Å². The van der Waals surface area contributed by atoms with Crippen LogP contribution in [-0.4, -0.2) is 17.4 Å². The molecule has 0 aliphatic heterocycles. The molecule has 3 nitrogen and oxygen atoms in total. The number of carbonyl (C=O) groups excluding carboxylic acids is 1. The van der Waals surface area contributed by atoms with Crippen molar-refractivity contribution < 1.29 is 9.53 Å². The second-order valence-electron chi connectivity index (χ2n) is 6.06. The molecule has 1 heterocycles. The van der Waals surface area contributed by atoms with Crippen LogP contribution in [0.3, 0.4) is 0 Å². The number of pyridine rings is 1. The van der Waals surface area contributed by atoms with Crippen molar-refractivity contribution in [3.05, 3.63) is 36.0 Å². The Morgan fingerprint density at radius 3 is 2.82 bits per heavy atom. The number of ketones is 1. The Kier molecular flexibility index (Phi) is 4.71. The minimum Gasteiger partial charge on any atom is -0.491 e. The van der Waals surface area contributed by atoms with Crippen LogP contribution in [0.4, 0.5) is 0 Å². The molecule has 1 aliphatic rings. The maximum atomic E-state index is 12.9. The highest BCUT2D eigenvalue weighted by Crippen LogP contribution is 2.32. The van der Waals surface area contributed by atoms with Gasteiger partial charge in [-0.25, -0.2) is 0 Å². The van der Waals surface area contributed by atoms with E-state index in [9.17, 15) is 4.79 Å². The summed E-state index contributed by atoms with van der Waals surface area (Å²) >= 11 is 0. The standard InChI is InChI=1S/C19H23NO2/c1-2-13-22-17-11-10-16(15-9-6-12-20-18(15)17)19(21)14-7-4-3-5-8-14/h6,9-12,14H,2-5,7-8,13H2,1H3. The molecule has 1 fully saturated rings. The van der Waals surface area contributed by atoms with Gasteiger partial charge in [0.15, 0.2) is 5.78 Å². The predicted octanol–water partition coefficient (Wildman–Crippen LogP) is 4.79. The Bertz CT molecular complexity index is 660. The van der Waals surface area contributed by atoms with Crippen LogP contribution >= 0.6 is 0 Å². The summed E-state index contributed by atoms with van der Waals surface area (Å²) in [6.45, 7) is 2.75. The summed E-state index contributed by atoms with van der Waals surface area (Å²) in [5.41, 5.74) is 1.61. The highest BCUT2D eigenvalue weighted by Gasteiger charge is 2.24. The highest BCUT2D eigenvalue weighted by molar-refractivity contribution is 6.09. The van der Waals surface area contributed by atoms with Crippen LogP contribution in [0.5, 0.6) is 5.75 Å². The largest absolute Gasteiger partial charge is 0.491 e. The lowest BCUT2D eigenvalue weighted by atomic mass is 9.83. The molecule has 0 amide bonds. The SMILES string of the molecule is CCCOc1ccc(C(=O)C2CCCCC2)c2cccnc12. The van der Waals surface area contributed by atoms with E-state index in [0.29, 0.717) is 6.61 Å². The van der Waals surface area contributed by atoms with Crippen LogP contribution in [0.15, 0.2) is 30.5 Å². The number of benzene rings is 1. The summed E-state index contributed by atoms with van der Waals surface area (Å²) in [6, 6.07) is 7.70. The van der Waals surface area contributed by atoms with E-state index < -0.39 is 0 Å². The van der Waals surface area contributed by atoms with Gasteiger partial charge in [-0.15, -0.1) is 0 Å². The Morgan fingerprint density at radius 1 is 1.23 bits per heavy atom. The van der Waals surface area contributed by atoms with E-state index in [-0.39, 0.29) is 11.7 Å². The van der Waals surface area contributed by atoms with E-state index in [2.05, 4.69) is 11.9 Å². The van der Waals surface area contributed by atoms with E-state index in [1.54, 1.807) is 6.20 Å². The summed E-state index contributed by atoms with van der Waals surface area (Å²) in [5.74, 6) is 1.23. The summed E-state index contributed by atoms with van der Waals surface area (Å²) < 4.78 is 5.77. The fourth-order valence-electron chi connectivity index (χ4n) is 3.27. The van der Waals surface area contributed by atoms with Gasteiger partial charge in [-0.05, 0) is 37.5 Å². The maximum absolute atomic E-state index is 12.9. The molecule has 3 heteroatoms. The molecule has 2 aromatic rings. The zero-order chi connectivity index (χ0) is 15.4. The van der Waals surface area contributed by atoms with Crippen molar-refractivity contribution in [1.82, 2.24) is 4.98 Å². The Morgan fingerprint density at radius 2 is 2.05 bits per heavy atom. The molecule has 0 atom stereocenters. The fraction of sp³-hybridized carbons (Fsp3) is 0.474. The number of carbonyl (C=O) groups is 1. The van der Waals surface area contributed by atoms with E-state index in [1.807, 2.05) is 24.3 Å². The molecule has 1 aromatic heterocycles. The number of rotatable bonds is 5. The summed E-state index contributed by atoms with van der Waals surface area (Å²) in [5, 5.41) is 0.923. The van der Waals surface area contributed by atoms with Gasteiger partial charge in [0.2, 0.25) is 0 Å². The van der Waals surface area contributed by atoms with Gasteiger partial charge in [-0.2, -0.15) is 0 Å². The first-order valence-electron chi connectivity index (χ1n) is 8.36. The average Bonchev–Trinajstić information content (AvgIpc) is 2.60. The molecule has 1 aliphatic carbocycles. The molecule has 116 valence electrons. The third-order valence-electron chi connectivity index (χ3n) is 4.44. The number of fused-ring (bicyclic) bond motifs is 1. The molecule has 1 saturated carbocycles. The second-order valence-corrected chi connectivity index (χ2v) is 6.06. The van der Waals surface area contributed by atoms with Crippen LogP contribution in [0.1, 0.15) is 55.8 Å². The van der Waals surface area contributed by atoms with Crippen molar-refractivity contribution in [2.24, 2.45) is 5.92 Å². The van der Waals surface area contributed by atoms with E-state index >= 15 is 0 Å². The van der Waals surface area contributed by atoms with Crippen molar-refractivity contribution in [3.8, 4) is 5.75 Å². The maximum Gasteiger partial charge on any atom is 0.166 e. The number of Topliss-reactive ketones (excluding diaryl/α,β-unsaturated/α-hetero) is 1. The van der Waals surface area contributed by atoms with Gasteiger partial charge in [0.05, 0.1) is 6.61 Å². The monoisotopic (exact) mass is 297 g/mol. The predicted molar refractivity (Wildman–Crippen MR) is 88.4 cm³/mol. The Labute approximate surface area is 131 Å². The third kappa shape index (κ3) is 2.99. The van der Waals surface area contributed by atoms with E-state index in [0.717, 1.165) is 41.5 Å². The molecular formula is C19H23NO2. The Hall–Kier alpha value is -1.90. The summed E-state index contributed by atoms with van der Waals surface area (Å²) in [4.78, 5) is 17.3.